The molecule has 0 radical (unpaired) electrons. The van der Waals surface area contributed by atoms with Crippen molar-refractivity contribution in [2.45, 2.75) is 218 Å². The molecule has 0 atom stereocenters. The van der Waals surface area contributed by atoms with E-state index in [1.165, 1.54) is 0 Å². The zero-order valence-corrected chi connectivity index (χ0v) is 38.8. The molecule has 49 heavy (non-hydrogen) atoms. The van der Waals surface area contributed by atoms with Gasteiger partial charge in [-0.2, -0.15) is 0 Å². The third-order valence-corrected chi connectivity index (χ3v) is 13.0. The molecule has 286 valence electrons. The van der Waals surface area contributed by atoms with Gasteiger partial charge in [-0.15, -0.1) is 13.2 Å². The Morgan fingerprint density at radius 3 is 0.755 bits per heavy atom. The van der Waals surface area contributed by atoms with Gasteiger partial charge in [0.25, 0.3) is 0 Å². The molecule has 0 saturated carbocycles. The second-order valence-electron chi connectivity index (χ2n) is 19.4. The van der Waals surface area contributed by atoms with Gasteiger partial charge in [0.2, 0.25) is 0 Å². The summed E-state index contributed by atoms with van der Waals surface area (Å²) in [5.74, 6) is 0. The predicted octanol–water partition coefficient (Wildman–Crippen LogP) is 9.54. The van der Waals surface area contributed by atoms with Gasteiger partial charge in [-0.3, -0.25) is 5.22 Å². The van der Waals surface area contributed by atoms with Crippen LogP contribution in [0.2, 0.25) is 0 Å². The van der Waals surface area contributed by atoms with E-state index in [1.54, 1.807) is 0 Å². The third kappa shape index (κ3) is 31.2. The molecule has 0 heterocycles. The first kappa shape index (κ1) is 57.1. The standard InChI is InChI=1S/4C8H18N3.C2H4.CH4.Li.Sb/c4*1-7(2,3)9-11-10-8(4,5)6;1-2;;;/h4*1-6H3;1-2H2;1H4;;/q4*-1;;;+1;+3. The summed E-state index contributed by atoms with van der Waals surface area (Å²) >= 11 is -3.13. The van der Waals surface area contributed by atoms with Gasteiger partial charge < -0.3 is 10.5 Å². The fourth-order valence-electron chi connectivity index (χ4n) is 2.38. The Kier molecular flexibility index (Phi) is 24.9. The molecule has 0 aromatic rings. The molecule has 0 bridgehead atoms. The monoisotopic (exact) mass is 797 g/mol. The Morgan fingerprint density at radius 1 is 0.408 bits per heavy atom. The van der Waals surface area contributed by atoms with Crippen molar-refractivity contribution in [1.29, 1.82) is 0 Å². The zero-order chi connectivity index (χ0) is 38.7. The first-order valence-corrected chi connectivity index (χ1v) is 19.9. The van der Waals surface area contributed by atoms with E-state index in [0.717, 1.165) is 0 Å². The number of nitrogens with zero attached hydrogens (tertiary/aromatic N) is 12. The maximum Gasteiger partial charge on any atom is 1.00 e. The van der Waals surface area contributed by atoms with Crippen molar-refractivity contribution in [3.63, 3.8) is 0 Å². The van der Waals surface area contributed by atoms with Crippen molar-refractivity contribution in [3.8, 4) is 0 Å². The number of hydrogen-bond donors (Lipinski definition) is 0. The van der Waals surface area contributed by atoms with E-state index in [-0.39, 0.29) is 70.6 Å². The molecule has 0 aliphatic rings. The van der Waals surface area contributed by atoms with Crippen LogP contribution in [0.5, 0.6) is 0 Å². The van der Waals surface area contributed by atoms with Crippen LogP contribution < -0.4 is 18.9 Å². The summed E-state index contributed by atoms with van der Waals surface area (Å²) in [6.45, 7) is 55.9. The Morgan fingerprint density at radius 2 is 0.612 bits per heavy atom. The van der Waals surface area contributed by atoms with Crippen molar-refractivity contribution in [1.82, 2.24) is 9.50 Å². The summed E-state index contributed by atoms with van der Waals surface area (Å²) in [6, 6.07) is 0. The van der Waals surface area contributed by atoms with Crippen LogP contribution in [0.4, 0.5) is 0 Å². The summed E-state index contributed by atoms with van der Waals surface area (Å²) in [6.07, 6.45) is 0. The molecule has 0 aliphatic heterocycles. The molecule has 0 aliphatic carbocycles. The van der Waals surface area contributed by atoms with E-state index in [0.29, 0.717) is 0 Å². The van der Waals surface area contributed by atoms with Crippen LogP contribution in [0.1, 0.15) is 174 Å². The maximum atomic E-state index is 4.88. The van der Waals surface area contributed by atoms with E-state index < -0.39 is 21.0 Å². The van der Waals surface area contributed by atoms with Crippen LogP contribution in [0, 0.1) is 0 Å². The second kappa shape index (κ2) is 21.3. The molecule has 14 heteroatoms. The van der Waals surface area contributed by atoms with Gasteiger partial charge in [0.1, 0.15) is 0 Å². The third-order valence-electron chi connectivity index (χ3n) is 4.29. The van der Waals surface area contributed by atoms with E-state index in [1.807, 2.05) is 41.5 Å². The van der Waals surface area contributed by atoms with Crippen molar-refractivity contribution in [3.05, 3.63) is 18.6 Å². The summed E-state index contributed by atoms with van der Waals surface area (Å²) in [7, 11) is 0. The van der Waals surface area contributed by atoms with Crippen molar-refractivity contribution >= 4 is 21.0 Å². The number of rotatable bonds is 7. The summed E-state index contributed by atoms with van der Waals surface area (Å²) in [5, 5.41) is 36.5. The molecule has 0 saturated heterocycles. The zero-order valence-electron chi connectivity index (χ0n) is 36.2. The minimum absolute atomic E-state index is 0. The molecule has 0 N–H and O–H groups in total. The Hall–Kier alpha value is -1.24. The molecule has 0 aromatic carbocycles. The minimum atomic E-state index is -3.13. The average molecular weight is 798 g/mol. The van der Waals surface area contributed by atoms with Crippen LogP contribution in [0.25, 0.3) is 5.43 Å². The van der Waals surface area contributed by atoms with Gasteiger partial charge >= 0.3 is 238 Å². The van der Waals surface area contributed by atoms with E-state index in [9.17, 15) is 0 Å². The molecule has 0 unspecified atom stereocenters. The topological polar surface area (TPSA) is 123 Å². The fourth-order valence-corrected chi connectivity index (χ4v) is 9.30. The average Bonchev–Trinajstić information content (AvgIpc) is 2.73. The Balaban J connectivity index is -0.000000364. The van der Waals surface area contributed by atoms with Gasteiger partial charge in [0, 0.05) is 0 Å². The van der Waals surface area contributed by atoms with Gasteiger partial charge in [-0.1, -0.05) is 49.0 Å². The molecule has 0 aromatic heterocycles. The van der Waals surface area contributed by atoms with Gasteiger partial charge in [0.05, 0.1) is 0 Å². The molecule has 12 nitrogen and oxygen atoms in total. The minimum Gasteiger partial charge on any atom is 1.00 e. The van der Waals surface area contributed by atoms with Gasteiger partial charge in [-0.05, 0) is 11.1 Å². The Labute approximate surface area is 325 Å². The molecule has 0 rings (SSSR count). The fraction of sp³-hybridized carbons (Fsp3) is 0.943. The van der Waals surface area contributed by atoms with Gasteiger partial charge in [0.15, 0.2) is 0 Å². The number of hydrogen-bond acceptors (Lipinski definition) is 8. The summed E-state index contributed by atoms with van der Waals surface area (Å²) < 4.78 is 6.46. The van der Waals surface area contributed by atoms with Crippen LogP contribution in [-0.4, -0.2) is 74.9 Å². The molecular weight excluding hydrogens is 717 g/mol. The largest absolute Gasteiger partial charge is 1.00 e. The second-order valence-corrected chi connectivity index (χ2v) is 24.1. The van der Waals surface area contributed by atoms with Crippen LogP contribution >= 0.6 is 0 Å². The predicted molar refractivity (Wildman–Crippen MR) is 210 cm³/mol. The van der Waals surface area contributed by atoms with Crippen LogP contribution in [-0.2, 0) is 0 Å². The summed E-state index contributed by atoms with van der Waals surface area (Å²) in [4.78, 5) is 0. The van der Waals surface area contributed by atoms with Gasteiger partial charge in [-0.25, -0.2) is 0 Å². The SMILES string of the molecule is C.C=C.CC(C)(C)N=N[N-]C(C)(C)C.CC(C)(C)N=N[N]([Sb]([N](N=NC(C)(C)C)C(C)(C)C)[N](N=NC(C)(C)C)C(C)(C)C)C(C)(C)C.[Li+]. The first-order chi connectivity index (χ1) is 20.4. The van der Waals surface area contributed by atoms with Crippen molar-refractivity contribution in [2.75, 3.05) is 0 Å². The molecule has 0 amide bonds. The normalized spacial score (nSPS) is 13.8. The van der Waals surface area contributed by atoms with E-state index in [2.05, 4.69) is 178 Å². The molecule has 0 spiro atoms. The van der Waals surface area contributed by atoms with Crippen molar-refractivity contribution < 1.29 is 18.9 Å². The summed E-state index contributed by atoms with van der Waals surface area (Å²) in [5.41, 5.74) is 1.87. The van der Waals surface area contributed by atoms with Crippen LogP contribution in [0.15, 0.2) is 54.5 Å². The molecule has 0 fully saturated rings. The first-order valence-electron chi connectivity index (χ1n) is 16.5. The Bertz CT molecular complexity index is 903. The molecular formula is C35H80LiN12Sb. The smallest absolute Gasteiger partial charge is 1.00 e. The van der Waals surface area contributed by atoms with E-state index in [4.69, 9.17) is 15.7 Å². The van der Waals surface area contributed by atoms with Crippen LogP contribution in [0.3, 0.4) is 0 Å². The quantitative estimate of drug-likeness (QED) is 0.110. The van der Waals surface area contributed by atoms with E-state index >= 15 is 0 Å². The maximum absolute atomic E-state index is 4.88. The van der Waals surface area contributed by atoms with Crippen molar-refractivity contribution in [2.24, 2.45) is 41.4 Å².